The van der Waals surface area contributed by atoms with Crippen molar-refractivity contribution in [3.05, 3.63) is 38.4 Å². The number of esters is 1. The minimum absolute atomic E-state index is 0.199. The lowest BCUT2D eigenvalue weighted by atomic mass is 10.1. The Morgan fingerprint density at radius 3 is 2.38 bits per heavy atom. The van der Waals surface area contributed by atoms with Crippen LogP contribution in [0.5, 0.6) is 0 Å². The third-order valence-electron chi connectivity index (χ3n) is 3.05. The molecule has 0 bridgehead atoms. The van der Waals surface area contributed by atoms with E-state index in [9.17, 15) is 38.2 Å². The number of nitro benzene ring substituents is 2. The molecule has 1 rings (SSSR count). The number of nitrogens with zero attached hydrogens (tertiary/aromatic N) is 3. The van der Waals surface area contributed by atoms with Crippen LogP contribution in [-0.2, 0) is 9.53 Å². The summed E-state index contributed by atoms with van der Waals surface area (Å²) in [7, 11) is 1.09. The number of rotatable bonds is 8. The number of hydrogen-bond donors (Lipinski definition) is 1. The predicted molar refractivity (Wildman–Crippen MR) is 82.7 cm³/mol. The van der Waals surface area contributed by atoms with Crippen LogP contribution in [0.2, 0.25) is 0 Å². The van der Waals surface area contributed by atoms with E-state index in [1.165, 1.54) is 0 Å². The number of nitrogens with one attached hydrogen (secondary N) is 1. The van der Waals surface area contributed by atoms with Gasteiger partial charge in [-0.25, -0.2) is 0 Å². The van der Waals surface area contributed by atoms with E-state index < -0.39 is 51.2 Å². The first-order valence-corrected chi connectivity index (χ1v) is 6.95. The Morgan fingerprint density at radius 1 is 1.23 bits per heavy atom. The number of hydrazone groups is 1. The molecule has 1 aromatic rings. The van der Waals surface area contributed by atoms with Crippen molar-refractivity contribution in [1.29, 1.82) is 0 Å². The molecule has 0 spiro atoms. The zero-order chi connectivity index (χ0) is 19.9. The van der Waals surface area contributed by atoms with E-state index in [0.717, 1.165) is 19.2 Å². The van der Waals surface area contributed by atoms with E-state index in [1.54, 1.807) is 0 Å². The highest BCUT2D eigenvalue weighted by molar-refractivity contribution is 5.90. The predicted octanol–water partition coefficient (Wildman–Crippen LogP) is 3.18. The molecule has 26 heavy (non-hydrogen) atoms. The van der Waals surface area contributed by atoms with Gasteiger partial charge in [-0.1, -0.05) is 0 Å². The molecule has 0 saturated carbocycles. The van der Waals surface area contributed by atoms with Crippen molar-refractivity contribution in [2.75, 3.05) is 12.5 Å². The zero-order valence-electron chi connectivity index (χ0n) is 13.3. The summed E-state index contributed by atoms with van der Waals surface area (Å²) in [6, 6.07) is 2.36. The van der Waals surface area contributed by atoms with Crippen molar-refractivity contribution in [1.82, 2.24) is 0 Å². The Morgan fingerprint density at radius 2 is 1.88 bits per heavy atom. The zero-order valence-corrected chi connectivity index (χ0v) is 13.3. The van der Waals surface area contributed by atoms with E-state index in [0.29, 0.717) is 6.07 Å². The van der Waals surface area contributed by atoms with Gasteiger partial charge in [-0.2, -0.15) is 18.3 Å². The molecule has 1 N–H and O–H groups in total. The standard InChI is InChI=1S/C13H13F3N4O6/c1-26-12(21)4-2-3-11(13(14,15)16)18-17-9-6-5-8(19(22)23)7-10(9)20(24)25/h5-7,17H,2-4H2,1H3/b18-11+. The fourth-order valence-corrected chi connectivity index (χ4v) is 1.77. The van der Waals surface area contributed by atoms with Gasteiger partial charge in [0, 0.05) is 12.5 Å². The van der Waals surface area contributed by atoms with Crippen molar-refractivity contribution >= 4 is 28.7 Å². The normalized spacial score (nSPS) is 11.8. The van der Waals surface area contributed by atoms with Gasteiger partial charge in [-0.05, 0) is 18.9 Å². The quantitative estimate of drug-likeness (QED) is 0.317. The van der Waals surface area contributed by atoms with Crippen LogP contribution in [-0.4, -0.2) is 34.8 Å². The number of benzene rings is 1. The van der Waals surface area contributed by atoms with Crippen LogP contribution in [0.3, 0.4) is 0 Å². The van der Waals surface area contributed by atoms with Crippen molar-refractivity contribution < 1.29 is 32.5 Å². The van der Waals surface area contributed by atoms with Crippen molar-refractivity contribution in [2.45, 2.75) is 25.4 Å². The smallest absolute Gasteiger partial charge is 0.431 e. The second-order valence-electron chi connectivity index (χ2n) is 4.81. The second kappa shape index (κ2) is 8.73. The van der Waals surface area contributed by atoms with E-state index in [-0.39, 0.29) is 12.8 Å². The molecule has 0 radical (unpaired) electrons. The van der Waals surface area contributed by atoms with E-state index >= 15 is 0 Å². The Labute approximate surface area is 143 Å². The molecule has 13 heteroatoms. The van der Waals surface area contributed by atoms with Gasteiger partial charge >= 0.3 is 17.8 Å². The molecule has 0 saturated heterocycles. The number of alkyl halides is 3. The van der Waals surface area contributed by atoms with Crippen LogP contribution < -0.4 is 5.43 Å². The van der Waals surface area contributed by atoms with Gasteiger partial charge in [0.1, 0.15) is 11.4 Å². The lowest BCUT2D eigenvalue weighted by Gasteiger charge is -2.11. The number of ether oxygens (including phenoxy) is 1. The maximum atomic E-state index is 12.9. The first-order valence-electron chi connectivity index (χ1n) is 6.95. The van der Waals surface area contributed by atoms with Crippen molar-refractivity contribution in [3.8, 4) is 0 Å². The first kappa shape index (κ1) is 20.8. The summed E-state index contributed by atoms with van der Waals surface area (Å²) in [5.41, 5.74) is -1.24. The Hall–Kier alpha value is -3.25. The molecule has 0 amide bonds. The highest BCUT2D eigenvalue weighted by atomic mass is 19.4. The summed E-state index contributed by atoms with van der Waals surface area (Å²) in [5.74, 6) is -0.689. The maximum absolute atomic E-state index is 12.9. The average Bonchev–Trinajstić information content (AvgIpc) is 2.56. The molecular formula is C13H13F3N4O6. The number of nitro groups is 2. The largest absolute Gasteiger partial charge is 0.469 e. The summed E-state index contributed by atoms with van der Waals surface area (Å²) in [6.07, 6.45) is -5.93. The molecule has 0 aliphatic carbocycles. The number of anilines is 1. The van der Waals surface area contributed by atoms with E-state index in [1.807, 2.05) is 5.43 Å². The second-order valence-corrected chi connectivity index (χ2v) is 4.81. The molecular weight excluding hydrogens is 365 g/mol. The molecule has 0 aromatic heterocycles. The maximum Gasteiger partial charge on any atom is 0.431 e. The van der Waals surface area contributed by atoms with Gasteiger partial charge in [-0.15, -0.1) is 0 Å². The van der Waals surface area contributed by atoms with Gasteiger partial charge in [0.15, 0.2) is 0 Å². The van der Waals surface area contributed by atoms with Gasteiger partial charge < -0.3 is 4.74 Å². The molecule has 0 fully saturated rings. The first-order chi connectivity index (χ1) is 12.1. The topological polar surface area (TPSA) is 137 Å². The van der Waals surface area contributed by atoms with Gasteiger partial charge in [0.05, 0.1) is 23.0 Å². The molecule has 0 atom stereocenters. The molecule has 1 aromatic carbocycles. The Bertz CT molecular complexity index is 735. The molecule has 10 nitrogen and oxygen atoms in total. The number of non-ortho nitro benzene ring substituents is 1. The number of halogens is 3. The SMILES string of the molecule is COC(=O)CCC/C(=N\Nc1ccc([N+](=O)[O-])cc1[N+](=O)[O-])C(F)(F)F. The number of hydrogen-bond acceptors (Lipinski definition) is 8. The van der Waals surface area contributed by atoms with Crippen LogP contribution in [0.15, 0.2) is 23.3 Å². The molecule has 0 aliphatic heterocycles. The summed E-state index contributed by atoms with van der Waals surface area (Å²) in [6.45, 7) is 0. The van der Waals surface area contributed by atoms with Crippen LogP contribution in [0.1, 0.15) is 19.3 Å². The lowest BCUT2D eigenvalue weighted by molar-refractivity contribution is -0.393. The minimum atomic E-state index is -4.83. The number of methoxy groups -OCH3 is 1. The third kappa shape index (κ3) is 5.99. The number of carbonyl (C=O) groups excluding carboxylic acids is 1. The summed E-state index contributed by atoms with van der Waals surface area (Å²) < 4.78 is 43.2. The molecule has 0 unspecified atom stereocenters. The van der Waals surface area contributed by atoms with Gasteiger partial charge in [-0.3, -0.25) is 30.4 Å². The lowest BCUT2D eigenvalue weighted by Crippen LogP contribution is -2.24. The minimum Gasteiger partial charge on any atom is -0.469 e. The summed E-state index contributed by atoms with van der Waals surface area (Å²) in [4.78, 5) is 30.6. The van der Waals surface area contributed by atoms with Crippen LogP contribution in [0, 0.1) is 20.2 Å². The summed E-state index contributed by atoms with van der Waals surface area (Å²) in [5, 5.41) is 24.7. The number of carbonyl (C=O) groups is 1. The van der Waals surface area contributed by atoms with Crippen LogP contribution >= 0.6 is 0 Å². The van der Waals surface area contributed by atoms with Crippen molar-refractivity contribution in [3.63, 3.8) is 0 Å². The Kier molecular flexibility index (Phi) is 6.98. The fourth-order valence-electron chi connectivity index (χ4n) is 1.77. The average molecular weight is 378 g/mol. The summed E-state index contributed by atoms with van der Waals surface area (Å²) >= 11 is 0. The molecule has 0 aliphatic rings. The molecule has 142 valence electrons. The van der Waals surface area contributed by atoms with Gasteiger partial charge in [0.25, 0.3) is 5.69 Å². The van der Waals surface area contributed by atoms with Crippen LogP contribution in [0.4, 0.5) is 30.2 Å². The Balaban J connectivity index is 3.03. The van der Waals surface area contributed by atoms with E-state index in [2.05, 4.69) is 9.84 Å². The third-order valence-corrected chi connectivity index (χ3v) is 3.05. The monoisotopic (exact) mass is 378 g/mol. The fraction of sp³-hybridized carbons (Fsp3) is 0.385. The van der Waals surface area contributed by atoms with Crippen molar-refractivity contribution in [2.24, 2.45) is 5.10 Å². The highest BCUT2D eigenvalue weighted by Crippen LogP contribution is 2.29. The van der Waals surface area contributed by atoms with E-state index in [4.69, 9.17) is 0 Å². The van der Waals surface area contributed by atoms with Crippen LogP contribution in [0.25, 0.3) is 0 Å². The molecule has 0 heterocycles. The van der Waals surface area contributed by atoms with Gasteiger partial charge in [0.2, 0.25) is 0 Å². The highest BCUT2D eigenvalue weighted by Gasteiger charge is 2.35.